The van der Waals surface area contributed by atoms with Gasteiger partial charge < -0.3 is 30.2 Å². The number of hydrogen-bond donors (Lipinski definition) is 3. The van der Waals surface area contributed by atoms with Gasteiger partial charge in [-0.25, -0.2) is 14.4 Å². The van der Waals surface area contributed by atoms with Crippen molar-refractivity contribution in [3.63, 3.8) is 0 Å². The fourth-order valence-corrected chi connectivity index (χ4v) is 3.95. The zero-order valence-corrected chi connectivity index (χ0v) is 18.9. The van der Waals surface area contributed by atoms with Crippen LogP contribution in [0.15, 0.2) is 35.5 Å². The molecule has 3 rings (SSSR count). The first-order valence-corrected chi connectivity index (χ1v) is 10.6. The Kier molecular flexibility index (Phi) is 7.31. The molecule has 10 nitrogen and oxygen atoms in total. The lowest BCUT2D eigenvalue weighted by Crippen LogP contribution is -2.47. The summed E-state index contributed by atoms with van der Waals surface area (Å²) >= 11 is 1.14. The van der Waals surface area contributed by atoms with Crippen LogP contribution in [0.25, 0.3) is 0 Å². The third-order valence-electron chi connectivity index (χ3n) is 4.74. The summed E-state index contributed by atoms with van der Waals surface area (Å²) in [6.45, 7) is 3.19. The normalized spacial score (nSPS) is 15.5. The van der Waals surface area contributed by atoms with Crippen LogP contribution < -0.4 is 20.7 Å². The van der Waals surface area contributed by atoms with Crippen LogP contribution in [0.2, 0.25) is 0 Å². The quantitative estimate of drug-likeness (QED) is 0.513. The van der Waals surface area contributed by atoms with Crippen molar-refractivity contribution in [3.8, 4) is 5.75 Å². The van der Waals surface area contributed by atoms with Gasteiger partial charge in [-0.2, -0.15) is 4.37 Å². The molecule has 1 aromatic carbocycles. The minimum absolute atomic E-state index is 0.143. The van der Waals surface area contributed by atoms with Crippen LogP contribution in [0.1, 0.15) is 34.6 Å². The summed E-state index contributed by atoms with van der Waals surface area (Å²) in [6, 6.07) is 5.58. The average molecular weight is 461 g/mol. The number of carbonyl (C=O) groups is 3. The van der Waals surface area contributed by atoms with Crippen molar-refractivity contribution in [2.24, 2.45) is 0 Å². The summed E-state index contributed by atoms with van der Waals surface area (Å²) in [5, 5.41) is 8.76. The first kappa shape index (κ1) is 23.1. The molecule has 0 saturated heterocycles. The van der Waals surface area contributed by atoms with Crippen molar-refractivity contribution in [3.05, 3.63) is 52.4 Å². The predicted molar refractivity (Wildman–Crippen MR) is 118 cm³/mol. The number of hydrogen-bond acceptors (Lipinski definition) is 9. The highest BCUT2D eigenvalue weighted by Crippen LogP contribution is 2.30. The maximum Gasteiger partial charge on any atom is 0.343 e. The van der Waals surface area contributed by atoms with Gasteiger partial charge in [0, 0.05) is 7.05 Å². The summed E-state index contributed by atoms with van der Waals surface area (Å²) in [4.78, 5) is 37.8. The molecule has 1 aliphatic heterocycles. The Hall–Kier alpha value is -3.60. The number of amides is 2. The van der Waals surface area contributed by atoms with Gasteiger partial charge in [0.25, 0.3) is 0 Å². The largest absolute Gasteiger partial charge is 0.497 e. The first-order chi connectivity index (χ1) is 15.4. The summed E-state index contributed by atoms with van der Waals surface area (Å²) in [5.74, 6) is -0.619. The van der Waals surface area contributed by atoms with Crippen molar-refractivity contribution < 1.29 is 28.6 Å². The van der Waals surface area contributed by atoms with Gasteiger partial charge in [0.2, 0.25) is 0 Å². The molecule has 0 fully saturated rings. The van der Waals surface area contributed by atoms with Gasteiger partial charge in [0.15, 0.2) is 0 Å². The topological polar surface area (TPSA) is 128 Å². The lowest BCUT2D eigenvalue weighted by atomic mass is 9.95. The van der Waals surface area contributed by atoms with E-state index in [9.17, 15) is 14.4 Å². The monoisotopic (exact) mass is 460 g/mol. The lowest BCUT2D eigenvalue weighted by Gasteiger charge is -2.29. The van der Waals surface area contributed by atoms with E-state index in [4.69, 9.17) is 14.2 Å². The maximum atomic E-state index is 12.8. The summed E-state index contributed by atoms with van der Waals surface area (Å²) < 4.78 is 20.0. The van der Waals surface area contributed by atoms with E-state index in [2.05, 4.69) is 20.3 Å². The molecule has 11 heteroatoms. The van der Waals surface area contributed by atoms with Gasteiger partial charge >= 0.3 is 18.0 Å². The fourth-order valence-electron chi connectivity index (χ4n) is 3.22. The van der Waals surface area contributed by atoms with E-state index in [1.807, 2.05) is 0 Å². The van der Waals surface area contributed by atoms with Crippen molar-refractivity contribution in [1.29, 1.82) is 0 Å². The van der Waals surface area contributed by atoms with Gasteiger partial charge in [0.05, 0.1) is 36.7 Å². The average Bonchev–Trinajstić information content (AvgIpc) is 3.17. The summed E-state index contributed by atoms with van der Waals surface area (Å²) in [5.41, 5.74) is 1.77. The SMILES string of the molecule is CCOC(=O)C1=C(COC(=O)c2c(C)nsc2NC)NC(=O)N[C@@H]1c1ccc(OC)cc1. The van der Waals surface area contributed by atoms with Crippen molar-refractivity contribution in [2.45, 2.75) is 19.9 Å². The number of rotatable bonds is 8. The molecule has 0 aliphatic carbocycles. The Morgan fingerprint density at radius 2 is 1.91 bits per heavy atom. The number of urea groups is 1. The van der Waals surface area contributed by atoms with Gasteiger partial charge in [-0.15, -0.1) is 0 Å². The molecule has 3 N–H and O–H groups in total. The zero-order chi connectivity index (χ0) is 23.3. The van der Waals surface area contributed by atoms with Crippen molar-refractivity contribution >= 4 is 34.5 Å². The van der Waals surface area contributed by atoms with E-state index in [0.717, 1.165) is 11.5 Å². The second-order valence-electron chi connectivity index (χ2n) is 6.72. The molecule has 1 atom stereocenters. The Morgan fingerprint density at radius 3 is 2.53 bits per heavy atom. The zero-order valence-electron chi connectivity index (χ0n) is 18.1. The number of nitrogens with one attached hydrogen (secondary N) is 3. The molecule has 2 heterocycles. The number of esters is 2. The molecule has 0 spiro atoms. The first-order valence-electron chi connectivity index (χ1n) is 9.82. The van der Waals surface area contributed by atoms with Gasteiger partial charge in [-0.05, 0) is 43.1 Å². The molecule has 1 aliphatic rings. The number of carbonyl (C=O) groups excluding carboxylic acids is 3. The summed E-state index contributed by atoms with van der Waals surface area (Å²) in [6.07, 6.45) is 0. The second kappa shape index (κ2) is 10.1. The second-order valence-corrected chi connectivity index (χ2v) is 7.49. The number of methoxy groups -OCH3 is 1. The Bertz CT molecular complexity index is 1050. The lowest BCUT2D eigenvalue weighted by molar-refractivity contribution is -0.139. The molecular formula is C21H24N4O6S. The Labute approximate surface area is 189 Å². The number of aryl methyl sites for hydroxylation is 1. The Balaban J connectivity index is 1.94. The third kappa shape index (κ3) is 4.83. The number of benzene rings is 1. The van der Waals surface area contributed by atoms with Crippen LogP contribution in [0.5, 0.6) is 5.75 Å². The van der Waals surface area contributed by atoms with E-state index in [-0.39, 0.29) is 24.5 Å². The van der Waals surface area contributed by atoms with Gasteiger partial charge in [-0.1, -0.05) is 12.1 Å². The van der Waals surface area contributed by atoms with Crippen LogP contribution in [-0.2, 0) is 14.3 Å². The van der Waals surface area contributed by atoms with Crippen LogP contribution >= 0.6 is 11.5 Å². The fraction of sp³-hybridized carbons (Fsp3) is 0.333. The smallest absolute Gasteiger partial charge is 0.343 e. The Morgan fingerprint density at radius 1 is 1.19 bits per heavy atom. The summed E-state index contributed by atoms with van der Waals surface area (Å²) in [7, 11) is 3.22. The number of ether oxygens (including phenoxy) is 3. The van der Waals surface area contributed by atoms with Crippen molar-refractivity contribution in [1.82, 2.24) is 15.0 Å². The molecule has 32 heavy (non-hydrogen) atoms. The van der Waals surface area contributed by atoms with E-state index < -0.39 is 24.0 Å². The van der Waals surface area contributed by atoms with E-state index >= 15 is 0 Å². The van der Waals surface area contributed by atoms with E-state index in [1.54, 1.807) is 52.3 Å². The third-order valence-corrected chi connectivity index (χ3v) is 5.70. The highest BCUT2D eigenvalue weighted by molar-refractivity contribution is 7.10. The van der Waals surface area contributed by atoms with Crippen LogP contribution in [0.3, 0.4) is 0 Å². The van der Waals surface area contributed by atoms with Crippen LogP contribution in [0.4, 0.5) is 9.80 Å². The van der Waals surface area contributed by atoms with Crippen LogP contribution in [0, 0.1) is 6.92 Å². The molecule has 170 valence electrons. The number of nitrogens with zero attached hydrogens (tertiary/aromatic N) is 1. The van der Waals surface area contributed by atoms with Crippen molar-refractivity contribution in [2.75, 3.05) is 32.7 Å². The van der Waals surface area contributed by atoms with Gasteiger partial charge in [0.1, 0.15) is 22.9 Å². The predicted octanol–water partition coefficient (Wildman–Crippen LogP) is 2.53. The maximum absolute atomic E-state index is 12.8. The molecule has 2 aromatic rings. The molecule has 1 aromatic heterocycles. The molecule has 0 bridgehead atoms. The molecule has 0 unspecified atom stereocenters. The minimum Gasteiger partial charge on any atom is -0.497 e. The van der Waals surface area contributed by atoms with Crippen LogP contribution in [-0.4, -0.2) is 49.7 Å². The van der Waals surface area contributed by atoms with E-state index in [1.165, 1.54) is 0 Å². The highest BCUT2D eigenvalue weighted by atomic mass is 32.1. The highest BCUT2D eigenvalue weighted by Gasteiger charge is 2.34. The molecule has 0 saturated carbocycles. The minimum atomic E-state index is -0.792. The van der Waals surface area contributed by atoms with E-state index in [0.29, 0.717) is 27.6 Å². The molecular weight excluding hydrogens is 436 g/mol. The molecule has 2 amide bonds. The standard InChI is InChI=1S/C21H24N4O6S/c1-5-30-20(27)16-14(10-31-19(26)15-11(2)25-32-18(15)22-3)23-21(28)24-17(16)12-6-8-13(29-4)9-7-12/h6-9,17,22H,5,10H2,1-4H3,(H2,23,24,28)/t17-/m1/s1. The number of anilines is 1. The molecule has 0 radical (unpaired) electrons. The van der Waals surface area contributed by atoms with Gasteiger partial charge in [-0.3, -0.25) is 0 Å². The number of aromatic nitrogens is 1.